The van der Waals surface area contributed by atoms with Crippen LogP contribution in [0.3, 0.4) is 0 Å². The summed E-state index contributed by atoms with van der Waals surface area (Å²) in [6.07, 6.45) is -0.211. The number of anilines is 2. The van der Waals surface area contributed by atoms with Crippen LogP contribution in [0.4, 0.5) is 17.3 Å². The van der Waals surface area contributed by atoms with Gasteiger partial charge in [0.15, 0.2) is 4.90 Å². The number of rotatable bonds is 5. The minimum atomic E-state index is -4.13. The van der Waals surface area contributed by atoms with Crippen LogP contribution < -0.4 is 10.6 Å². The van der Waals surface area contributed by atoms with Crippen LogP contribution in [0.1, 0.15) is 16.7 Å². The molecule has 13 heteroatoms. The number of hydrogen-bond donors (Lipinski definition) is 1. The molecule has 2 heterocycles. The van der Waals surface area contributed by atoms with Crippen LogP contribution in [0.25, 0.3) is 0 Å². The third-order valence-corrected chi connectivity index (χ3v) is 6.95. The minimum absolute atomic E-state index is 0.0194. The van der Waals surface area contributed by atoms with Gasteiger partial charge in [0.2, 0.25) is 10.0 Å². The maximum Gasteiger partial charge on any atom is 0.289 e. The van der Waals surface area contributed by atoms with Gasteiger partial charge in [-0.05, 0) is 6.07 Å². The van der Waals surface area contributed by atoms with Gasteiger partial charge in [0, 0.05) is 37.8 Å². The van der Waals surface area contributed by atoms with E-state index in [1.807, 2.05) is 18.2 Å². The lowest BCUT2D eigenvalue weighted by atomic mass is 10.0. The molecule has 0 unspecified atom stereocenters. The molecule has 0 aliphatic carbocycles. The standard InChI is InChI=1S/C19H16N8O4S/c20-6-5-13-14(11-21)18(23)24-19(15(13)12-22)25-7-9-26(10-8-25)32(30,31)17-4-2-1-3-16(17)27(28)29/h1-4H,5,7-10H2,(H2,23,24). The number of piperazine rings is 1. The van der Waals surface area contributed by atoms with Crippen molar-refractivity contribution in [3.8, 4) is 18.2 Å². The predicted molar refractivity (Wildman–Crippen MR) is 111 cm³/mol. The van der Waals surface area contributed by atoms with Crippen molar-refractivity contribution in [3.05, 3.63) is 51.1 Å². The molecular formula is C19H16N8O4S. The first-order valence-electron chi connectivity index (χ1n) is 9.24. The highest BCUT2D eigenvalue weighted by Gasteiger charge is 2.34. The highest BCUT2D eigenvalue weighted by atomic mass is 32.2. The van der Waals surface area contributed by atoms with Gasteiger partial charge in [-0.2, -0.15) is 20.1 Å². The van der Waals surface area contributed by atoms with Gasteiger partial charge < -0.3 is 10.6 Å². The molecule has 0 spiro atoms. The molecule has 162 valence electrons. The van der Waals surface area contributed by atoms with E-state index in [4.69, 9.17) is 11.0 Å². The second-order valence-electron chi connectivity index (χ2n) is 6.72. The maximum atomic E-state index is 13.0. The van der Waals surface area contributed by atoms with Crippen LogP contribution >= 0.6 is 0 Å². The van der Waals surface area contributed by atoms with Gasteiger partial charge in [0.1, 0.15) is 29.3 Å². The first kappa shape index (κ1) is 22.4. The van der Waals surface area contributed by atoms with E-state index in [1.54, 1.807) is 4.90 Å². The Kier molecular flexibility index (Phi) is 6.21. The van der Waals surface area contributed by atoms with Crippen LogP contribution in [0, 0.1) is 44.1 Å². The number of sulfonamides is 1. The number of para-hydroxylation sites is 1. The summed E-state index contributed by atoms with van der Waals surface area (Å²) in [6.45, 7) is 0.209. The SMILES string of the molecule is N#CCc1c(C#N)c(N)nc(N2CCN(S(=O)(=O)c3ccccc3[N+](=O)[O-])CC2)c1C#N. The number of nitro groups is 1. The lowest BCUT2D eigenvalue weighted by molar-refractivity contribution is -0.387. The van der Waals surface area contributed by atoms with E-state index >= 15 is 0 Å². The molecule has 1 aromatic heterocycles. The van der Waals surface area contributed by atoms with Crippen LogP contribution in [0.5, 0.6) is 0 Å². The van der Waals surface area contributed by atoms with E-state index in [0.717, 1.165) is 10.4 Å². The van der Waals surface area contributed by atoms with Crippen molar-refractivity contribution in [1.29, 1.82) is 15.8 Å². The van der Waals surface area contributed by atoms with Crippen molar-refractivity contribution >= 4 is 27.3 Å². The number of hydrogen-bond acceptors (Lipinski definition) is 10. The number of nitrogen functional groups attached to an aromatic ring is 1. The van der Waals surface area contributed by atoms with Crippen LogP contribution in [0.15, 0.2) is 29.2 Å². The molecule has 0 bridgehead atoms. The fourth-order valence-corrected chi connectivity index (χ4v) is 5.05. The first-order chi connectivity index (χ1) is 15.3. The Hall–Kier alpha value is -4.25. The molecule has 32 heavy (non-hydrogen) atoms. The van der Waals surface area contributed by atoms with Crippen molar-refractivity contribution in [2.75, 3.05) is 36.8 Å². The largest absolute Gasteiger partial charge is 0.383 e. The number of nitro benzene ring substituents is 1. The number of pyridine rings is 1. The Labute approximate surface area is 183 Å². The monoisotopic (exact) mass is 452 g/mol. The summed E-state index contributed by atoms with van der Waals surface area (Å²) in [4.78, 5) is 15.9. The molecule has 0 radical (unpaired) electrons. The van der Waals surface area contributed by atoms with Crippen molar-refractivity contribution in [2.24, 2.45) is 0 Å². The van der Waals surface area contributed by atoms with Gasteiger partial charge in [0.25, 0.3) is 5.69 Å². The van der Waals surface area contributed by atoms with Gasteiger partial charge >= 0.3 is 0 Å². The fraction of sp³-hybridized carbons (Fsp3) is 0.263. The zero-order chi connectivity index (χ0) is 23.5. The number of nitrogens with zero attached hydrogens (tertiary/aromatic N) is 7. The van der Waals surface area contributed by atoms with E-state index in [0.29, 0.717) is 0 Å². The summed E-state index contributed by atoms with van der Waals surface area (Å²) in [5, 5.41) is 39.3. The molecule has 1 aromatic carbocycles. The quantitative estimate of drug-likeness (QED) is 0.502. The average Bonchev–Trinajstić information content (AvgIpc) is 2.79. The molecule has 12 nitrogen and oxygen atoms in total. The normalized spacial score (nSPS) is 14.2. The van der Waals surface area contributed by atoms with Crippen LogP contribution in [-0.4, -0.2) is 48.8 Å². The van der Waals surface area contributed by atoms with E-state index in [1.165, 1.54) is 18.2 Å². The second-order valence-corrected chi connectivity index (χ2v) is 8.63. The Morgan fingerprint density at radius 1 is 1.09 bits per heavy atom. The van der Waals surface area contributed by atoms with Gasteiger partial charge in [-0.15, -0.1) is 0 Å². The Bertz CT molecular complexity index is 1310. The molecule has 0 atom stereocenters. The molecule has 1 aliphatic rings. The summed E-state index contributed by atoms with van der Waals surface area (Å²) >= 11 is 0. The second kappa shape index (κ2) is 8.86. The molecule has 3 rings (SSSR count). The number of nitrogens with two attached hydrogens (primary N) is 1. The molecule has 1 fully saturated rings. The Morgan fingerprint density at radius 3 is 2.28 bits per heavy atom. The third kappa shape index (κ3) is 3.88. The molecule has 1 aliphatic heterocycles. The molecule has 2 aromatic rings. The summed E-state index contributed by atoms with van der Waals surface area (Å²) in [5.74, 6) is 0.0405. The van der Waals surface area contributed by atoms with Gasteiger partial charge in [-0.1, -0.05) is 12.1 Å². The van der Waals surface area contributed by atoms with E-state index in [2.05, 4.69) is 4.98 Å². The van der Waals surface area contributed by atoms with Crippen molar-refractivity contribution in [3.63, 3.8) is 0 Å². The Balaban J connectivity index is 1.92. The third-order valence-electron chi connectivity index (χ3n) is 5.01. The molecule has 2 N–H and O–H groups in total. The average molecular weight is 452 g/mol. The predicted octanol–water partition coefficient (Wildman–Crippen LogP) is 0.892. The van der Waals surface area contributed by atoms with E-state index in [-0.39, 0.29) is 60.9 Å². The number of nitriles is 3. The van der Waals surface area contributed by atoms with Crippen LogP contribution in [-0.2, 0) is 16.4 Å². The topological polar surface area (TPSA) is 194 Å². The van der Waals surface area contributed by atoms with Gasteiger partial charge in [0.05, 0.1) is 23.0 Å². The maximum absolute atomic E-state index is 13.0. The molecule has 0 saturated carbocycles. The Morgan fingerprint density at radius 2 is 1.72 bits per heavy atom. The van der Waals surface area contributed by atoms with E-state index in [9.17, 15) is 29.1 Å². The highest BCUT2D eigenvalue weighted by Crippen LogP contribution is 2.31. The van der Waals surface area contributed by atoms with Crippen molar-refractivity contribution in [2.45, 2.75) is 11.3 Å². The number of benzene rings is 1. The van der Waals surface area contributed by atoms with E-state index < -0.39 is 25.5 Å². The molecule has 1 saturated heterocycles. The summed E-state index contributed by atoms with van der Waals surface area (Å²) in [6, 6.07) is 10.8. The fourth-order valence-electron chi connectivity index (χ4n) is 3.47. The summed E-state index contributed by atoms with van der Waals surface area (Å²) in [5.41, 5.74) is 5.52. The van der Waals surface area contributed by atoms with Crippen molar-refractivity contribution in [1.82, 2.24) is 9.29 Å². The van der Waals surface area contributed by atoms with Gasteiger partial charge in [-0.3, -0.25) is 10.1 Å². The number of aromatic nitrogens is 1. The van der Waals surface area contributed by atoms with Crippen molar-refractivity contribution < 1.29 is 13.3 Å². The molecule has 0 amide bonds. The zero-order valence-electron chi connectivity index (χ0n) is 16.6. The highest BCUT2D eigenvalue weighted by molar-refractivity contribution is 7.89. The first-order valence-corrected chi connectivity index (χ1v) is 10.7. The summed E-state index contributed by atoms with van der Waals surface area (Å²) < 4.78 is 27.1. The zero-order valence-corrected chi connectivity index (χ0v) is 17.4. The summed E-state index contributed by atoms with van der Waals surface area (Å²) in [7, 11) is -4.13. The van der Waals surface area contributed by atoms with Gasteiger partial charge in [-0.25, -0.2) is 13.4 Å². The lowest BCUT2D eigenvalue weighted by Crippen LogP contribution is -2.49. The minimum Gasteiger partial charge on any atom is -0.383 e. The smallest absolute Gasteiger partial charge is 0.289 e. The van der Waals surface area contributed by atoms with Crippen LogP contribution in [0.2, 0.25) is 0 Å². The lowest BCUT2D eigenvalue weighted by Gasteiger charge is -2.35. The molecular weight excluding hydrogens is 436 g/mol.